The fourth-order valence-corrected chi connectivity index (χ4v) is 5.23. The van der Waals surface area contributed by atoms with Gasteiger partial charge < -0.3 is 4.90 Å². The lowest BCUT2D eigenvalue weighted by molar-refractivity contribution is 0.385. The average molecular weight is 390 g/mol. The normalized spacial score (nSPS) is 18.4. The van der Waals surface area contributed by atoms with Crippen molar-refractivity contribution in [3.63, 3.8) is 0 Å². The second kappa shape index (κ2) is 7.16. The highest BCUT2D eigenvalue weighted by Crippen LogP contribution is 2.31. The number of benzene rings is 1. The first-order chi connectivity index (χ1) is 12.9. The average Bonchev–Trinajstić information content (AvgIpc) is 2.68. The Kier molecular flexibility index (Phi) is 4.86. The van der Waals surface area contributed by atoms with Crippen molar-refractivity contribution in [2.45, 2.75) is 44.0 Å². The molecule has 2 aromatic rings. The fourth-order valence-electron chi connectivity index (χ4n) is 3.82. The number of sulfonamides is 1. The molecule has 6 nitrogen and oxygen atoms in total. The molecule has 2 aliphatic rings. The molecule has 0 radical (unpaired) electrons. The third kappa shape index (κ3) is 3.55. The first-order valence-corrected chi connectivity index (χ1v) is 10.8. The molecule has 8 heteroatoms. The van der Waals surface area contributed by atoms with E-state index in [9.17, 15) is 12.8 Å². The van der Waals surface area contributed by atoms with Crippen LogP contribution >= 0.6 is 0 Å². The summed E-state index contributed by atoms with van der Waals surface area (Å²) in [6.45, 7) is 4.38. The maximum absolute atomic E-state index is 13.2. The molecule has 0 unspecified atom stereocenters. The lowest BCUT2D eigenvalue weighted by Crippen LogP contribution is -2.39. The van der Waals surface area contributed by atoms with E-state index in [1.165, 1.54) is 35.0 Å². The van der Waals surface area contributed by atoms with E-state index in [1.54, 1.807) is 0 Å². The van der Waals surface area contributed by atoms with Crippen LogP contribution in [0.4, 0.5) is 10.2 Å². The Morgan fingerprint density at radius 2 is 1.70 bits per heavy atom. The Labute approximate surface area is 159 Å². The topological polar surface area (TPSA) is 66.4 Å². The highest BCUT2D eigenvalue weighted by Gasteiger charge is 2.32. The molecule has 144 valence electrons. The molecule has 1 aromatic heterocycles. The summed E-state index contributed by atoms with van der Waals surface area (Å²) in [6, 6.07) is 4.99. The number of anilines is 1. The van der Waals surface area contributed by atoms with E-state index in [4.69, 9.17) is 0 Å². The molecular formula is C19H23FN4O2S. The summed E-state index contributed by atoms with van der Waals surface area (Å²) in [4.78, 5) is 11.6. The van der Waals surface area contributed by atoms with Crippen molar-refractivity contribution in [2.75, 3.05) is 24.5 Å². The standard InChI is InChI=1S/C19H23FN4O2S/c1-14-21-18-9-12-24(27(25,26)16-7-5-15(20)6-8-16)13-17(18)19(22-14)23-10-3-2-4-11-23/h5-8H,2-4,9-13H2,1H3. The first-order valence-electron chi connectivity index (χ1n) is 9.32. The maximum atomic E-state index is 13.2. The van der Waals surface area contributed by atoms with Gasteiger partial charge in [0, 0.05) is 38.2 Å². The van der Waals surface area contributed by atoms with Gasteiger partial charge in [0.05, 0.1) is 10.6 Å². The van der Waals surface area contributed by atoms with Crippen molar-refractivity contribution in [3.05, 3.63) is 47.2 Å². The van der Waals surface area contributed by atoms with Gasteiger partial charge in [0.15, 0.2) is 0 Å². The van der Waals surface area contributed by atoms with E-state index in [0.717, 1.165) is 48.8 Å². The molecule has 1 aromatic carbocycles. The first kappa shape index (κ1) is 18.3. The highest BCUT2D eigenvalue weighted by atomic mass is 32.2. The smallest absolute Gasteiger partial charge is 0.243 e. The lowest BCUT2D eigenvalue weighted by Gasteiger charge is -2.34. The van der Waals surface area contributed by atoms with Crippen molar-refractivity contribution < 1.29 is 12.8 Å². The number of fused-ring (bicyclic) bond motifs is 1. The zero-order valence-corrected chi connectivity index (χ0v) is 16.2. The fraction of sp³-hybridized carbons (Fsp3) is 0.474. The second-order valence-corrected chi connectivity index (χ2v) is 9.05. The van der Waals surface area contributed by atoms with Gasteiger partial charge in [0.25, 0.3) is 0 Å². The number of aromatic nitrogens is 2. The molecule has 0 saturated carbocycles. The predicted molar refractivity (Wildman–Crippen MR) is 101 cm³/mol. The molecular weight excluding hydrogens is 367 g/mol. The van der Waals surface area contributed by atoms with Gasteiger partial charge in [0.2, 0.25) is 10.0 Å². The summed E-state index contributed by atoms with van der Waals surface area (Å²) in [5.74, 6) is 1.15. The predicted octanol–water partition coefficient (Wildman–Crippen LogP) is 2.66. The third-order valence-corrected chi connectivity index (χ3v) is 7.08. The van der Waals surface area contributed by atoms with Crippen LogP contribution in [-0.2, 0) is 23.0 Å². The Balaban J connectivity index is 1.68. The number of aryl methyl sites for hydroxylation is 1. The molecule has 1 fully saturated rings. The van der Waals surface area contributed by atoms with Crippen molar-refractivity contribution in [1.82, 2.24) is 14.3 Å². The summed E-state index contributed by atoms with van der Waals surface area (Å²) < 4.78 is 40.7. The number of halogens is 1. The summed E-state index contributed by atoms with van der Waals surface area (Å²) in [5.41, 5.74) is 1.84. The molecule has 1 saturated heterocycles. The molecule has 0 spiro atoms. The van der Waals surface area contributed by atoms with E-state index < -0.39 is 15.8 Å². The Morgan fingerprint density at radius 1 is 1.00 bits per heavy atom. The van der Waals surface area contributed by atoms with Gasteiger partial charge in [-0.1, -0.05) is 0 Å². The quantitative estimate of drug-likeness (QED) is 0.806. The Bertz CT molecular complexity index is 941. The van der Waals surface area contributed by atoms with Gasteiger partial charge in [-0.3, -0.25) is 0 Å². The highest BCUT2D eigenvalue weighted by molar-refractivity contribution is 7.89. The molecule has 0 aliphatic carbocycles. The Hall–Kier alpha value is -2.06. The molecule has 27 heavy (non-hydrogen) atoms. The lowest BCUT2D eigenvalue weighted by atomic mass is 10.1. The van der Waals surface area contributed by atoms with Gasteiger partial charge in [0.1, 0.15) is 17.5 Å². The maximum Gasteiger partial charge on any atom is 0.243 e. The number of piperidine rings is 1. The van der Waals surface area contributed by atoms with Gasteiger partial charge in [-0.2, -0.15) is 4.31 Å². The van der Waals surface area contributed by atoms with E-state index in [1.807, 2.05) is 6.92 Å². The van der Waals surface area contributed by atoms with Gasteiger partial charge in [-0.25, -0.2) is 22.8 Å². The molecule has 4 rings (SSSR count). The third-order valence-electron chi connectivity index (χ3n) is 5.22. The summed E-state index contributed by atoms with van der Waals surface area (Å²) in [7, 11) is -3.69. The monoisotopic (exact) mass is 390 g/mol. The Morgan fingerprint density at radius 3 is 2.41 bits per heavy atom. The molecule has 0 N–H and O–H groups in total. The van der Waals surface area contributed by atoms with Crippen LogP contribution < -0.4 is 4.90 Å². The van der Waals surface area contributed by atoms with Crippen LogP contribution in [0, 0.1) is 12.7 Å². The van der Waals surface area contributed by atoms with E-state index in [-0.39, 0.29) is 11.4 Å². The number of hydrogen-bond donors (Lipinski definition) is 0. The minimum Gasteiger partial charge on any atom is -0.356 e. The van der Waals surface area contributed by atoms with Crippen LogP contribution in [0.3, 0.4) is 0 Å². The summed E-state index contributed by atoms with van der Waals surface area (Å²) >= 11 is 0. The minimum atomic E-state index is -3.69. The summed E-state index contributed by atoms with van der Waals surface area (Å²) in [5, 5.41) is 0. The van der Waals surface area contributed by atoms with E-state index >= 15 is 0 Å². The number of nitrogens with zero attached hydrogens (tertiary/aromatic N) is 4. The largest absolute Gasteiger partial charge is 0.356 e. The molecule has 3 heterocycles. The second-order valence-electron chi connectivity index (χ2n) is 7.11. The van der Waals surface area contributed by atoms with Crippen LogP contribution in [0.15, 0.2) is 29.2 Å². The number of hydrogen-bond acceptors (Lipinski definition) is 5. The van der Waals surface area contributed by atoms with E-state index in [0.29, 0.717) is 13.0 Å². The van der Waals surface area contributed by atoms with Crippen LogP contribution in [-0.4, -0.2) is 42.3 Å². The van der Waals surface area contributed by atoms with Gasteiger partial charge in [-0.15, -0.1) is 0 Å². The zero-order chi connectivity index (χ0) is 19.0. The van der Waals surface area contributed by atoms with Crippen molar-refractivity contribution in [3.8, 4) is 0 Å². The molecule has 0 atom stereocenters. The van der Waals surface area contributed by atoms with Gasteiger partial charge in [-0.05, 0) is 50.5 Å². The van der Waals surface area contributed by atoms with Crippen molar-refractivity contribution >= 4 is 15.8 Å². The molecule has 2 aliphatic heterocycles. The van der Waals surface area contributed by atoms with Crippen molar-refractivity contribution in [2.24, 2.45) is 0 Å². The van der Waals surface area contributed by atoms with Crippen LogP contribution in [0.5, 0.6) is 0 Å². The van der Waals surface area contributed by atoms with Crippen molar-refractivity contribution in [1.29, 1.82) is 0 Å². The van der Waals surface area contributed by atoms with E-state index in [2.05, 4.69) is 14.9 Å². The molecule has 0 bridgehead atoms. The van der Waals surface area contributed by atoms with Crippen LogP contribution in [0.2, 0.25) is 0 Å². The minimum absolute atomic E-state index is 0.111. The van der Waals surface area contributed by atoms with Gasteiger partial charge >= 0.3 is 0 Å². The summed E-state index contributed by atoms with van der Waals surface area (Å²) in [6.07, 6.45) is 4.01. The SMILES string of the molecule is Cc1nc2c(c(N3CCCCC3)n1)CN(S(=O)(=O)c1ccc(F)cc1)CC2. The molecule has 0 amide bonds. The van der Waals surface area contributed by atoms with Crippen LogP contribution in [0.1, 0.15) is 36.3 Å². The number of rotatable bonds is 3. The zero-order valence-electron chi connectivity index (χ0n) is 15.4. The van der Waals surface area contributed by atoms with Crippen LogP contribution in [0.25, 0.3) is 0 Å².